The predicted octanol–water partition coefficient (Wildman–Crippen LogP) is 4.70. The summed E-state index contributed by atoms with van der Waals surface area (Å²) in [6, 6.07) is 8.20. The standard InChI is InChI=1S/C18H20N4OS/c1-3-6-15-20-17(23-22-15)11(2)24-18-13-7-4-5-8-14(13)19-16(21-18)12-9-10-12/h4-5,7-8,11-12H,3,6,9-10H2,1-2H3/t11-/m1/s1. The van der Waals surface area contributed by atoms with Crippen molar-refractivity contribution in [2.75, 3.05) is 0 Å². The van der Waals surface area contributed by atoms with Crippen LogP contribution in [0.2, 0.25) is 0 Å². The maximum atomic E-state index is 5.43. The molecular weight excluding hydrogens is 320 g/mol. The number of hydrogen-bond donors (Lipinski definition) is 0. The van der Waals surface area contributed by atoms with E-state index in [9.17, 15) is 0 Å². The van der Waals surface area contributed by atoms with Gasteiger partial charge in [0.25, 0.3) is 0 Å². The third-order valence-corrected chi connectivity index (χ3v) is 5.21. The van der Waals surface area contributed by atoms with Gasteiger partial charge in [0.1, 0.15) is 10.9 Å². The van der Waals surface area contributed by atoms with E-state index in [4.69, 9.17) is 14.5 Å². The van der Waals surface area contributed by atoms with Gasteiger partial charge in [0.05, 0.1) is 10.8 Å². The molecule has 0 radical (unpaired) electrons. The number of aryl methyl sites for hydroxylation is 1. The molecule has 4 rings (SSSR count). The van der Waals surface area contributed by atoms with Crippen LogP contribution in [0.5, 0.6) is 0 Å². The van der Waals surface area contributed by atoms with Crippen molar-refractivity contribution in [1.29, 1.82) is 0 Å². The second-order valence-corrected chi connectivity index (χ2v) is 7.57. The number of nitrogens with zero attached hydrogens (tertiary/aromatic N) is 4. The topological polar surface area (TPSA) is 64.7 Å². The fourth-order valence-corrected chi connectivity index (χ4v) is 3.63. The summed E-state index contributed by atoms with van der Waals surface area (Å²) >= 11 is 1.67. The summed E-state index contributed by atoms with van der Waals surface area (Å²) in [7, 11) is 0. The van der Waals surface area contributed by atoms with Gasteiger partial charge in [-0.15, -0.1) is 0 Å². The molecule has 2 heterocycles. The first-order chi connectivity index (χ1) is 11.7. The second kappa shape index (κ2) is 6.51. The Hall–Kier alpha value is -1.95. The van der Waals surface area contributed by atoms with E-state index in [0.717, 1.165) is 40.4 Å². The molecule has 1 aliphatic rings. The van der Waals surface area contributed by atoms with Gasteiger partial charge in [-0.05, 0) is 32.3 Å². The Bertz CT molecular complexity index is 859. The molecule has 0 N–H and O–H groups in total. The first kappa shape index (κ1) is 15.6. The second-order valence-electron chi connectivity index (χ2n) is 6.24. The lowest BCUT2D eigenvalue weighted by Crippen LogP contribution is -1.98. The van der Waals surface area contributed by atoms with Crippen LogP contribution < -0.4 is 0 Å². The van der Waals surface area contributed by atoms with Gasteiger partial charge in [-0.25, -0.2) is 9.97 Å². The molecule has 1 aromatic carbocycles. The summed E-state index contributed by atoms with van der Waals surface area (Å²) in [6.45, 7) is 4.20. The van der Waals surface area contributed by atoms with Gasteiger partial charge >= 0.3 is 0 Å². The van der Waals surface area contributed by atoms with Crippen molar-refractivity contribution in [3.8, 4) is 0 Å². The molecule has 24 heavy (non-hydrogen) atoms. The number of benzene rings is 1. The fraction of sp³-hybridized carbons (Fsp3) is 0.444. The normalized spacial score (nSPS) is 15.8. The molecule has 124 valence electrons. The molecule has 3 aromatic rings. The van der Waals surface area contributed by atoms with Crippen molar-refractivity contribution in [3.63, 3.8) is 0 Å². The molecule has 0 saturated heterocycles. The van der Waals surface area contributed by atoms with E-state index in [1.54, 1.807) is 11.8 Å². The van der Waals surface area contributed by atoms with Crippen LogP contribution in [0, 0.1) is 0 Å². The van der Waals surface area contributed by atoms with Crippen LogP contribution in [0.3, 0.4) is 0 Å². The molecule has 0 aliphatic heterocycles. The Balaban J connectivity index is 1.64. The summed E-state index contributed by atoms with van der Waals surface area (Å²) in [5.41, 5.74) is 1.02. The number of fused-ring (bicyclic) bond motifs is 1. The molecule has 1 aliphatic carbocycles. The van der Waals surface area contributed by atoms with Gasteiger partial charge in [0, 0.05) is 17.7 Å². The highest BCUT2D eigenvalue weighted by atomic mass is 32.2. The lowest BCUT2D eigenvalue weighted by atomic mass is 10.2. The largest absolute Gasteiger partial charge is 0.338 e. The zero-order valence-electron chi connectivity index (χ0n) is 13.9. The van der Waals surface area contributed by atoms with Gasteiger partial charge in [-0.2, -0.15) is 4.98 Å². The maximum Gasteiger partial charge on any atom is 0.239 e. The highest BCUT2D eigenvalue weighted by Crippen LogP contribution is 2.42. The van der Waals surface area contributed by atoms with Gasteiger partial charge in [0.15, 0.2) is 5.82 Å². The van der Waals surface area contributed by atoms with Crippen LogP contribution in [0.1, 0.15) is 61.8 Å². The van der Waals surface area contributed by atoms with E-state index in [1.165, 1.54) is 12.8 Å². The lowest BCUT2D eigenvalue weighted by molar-refractivity contribution is 0.374. The molecule has 2 aromatic heterocycles. The van der Waals surface area contributed by atoms with E-state index in [0.29, 0.717) is 11.8 Å². The predicted molar refractivity (Wildman–Crippen MR) is 94.1 cm³/mol. The molecule has 0 spiro atoms. The zero-order chi connectivity index (χ0) is 16.5. The molecule has 0 unspecified atom stereocenters. The Morgan fingerprint density at radius 1 is 1.21 bits per heavy atom. The van der Waals surface area contributed by atoms with E-state index in [-0.39, 0.29) is 5.25 Å². The van der Waals surface area contributed by atoms with Crippen molar-refractivity contribution in [1.82, 2.24) is 20.1 Å². The molecule has 1 atom stereocenters. The third kappa shape index (κ3) is 3.15. The smallest absolute Gasteiger partial charge is 0.239 e. The van der Waals surface area contributed by atoms with E-state index in [1.807, 2.05) is 12.1 Å². The summed E-state index contributed by atoms with van der Waals surface area (Å²) < 4.78 is 5.43. The van der Waals surface area contributed by atoms with Gasteiger partial charge < -0.3 is 4.52 Å². The van der Waals surface area contributed by atoms with Crippen LogP contribution in [0.25, 0.3) is 10.9 Å². The minimum absolute atomic E-state index is 0.0634. The Morgan fingerprint density at radius 2 is 2.04 bits per heavy atom. The van der Waals surface area contributed by atoms with Crippen LogP contribution in [0.15, 0.2) is 33.8 Å². The fourth-order valence-electron chi connectivity index (χ4n) is 2.65. The average molecular weight is 340 g/mol. The number of hydrogen-bond acceptors (Lipinski definition) is 6. The average Bonchev–Trinajstić information content (AvgIpc) is 3.34. The highest BCUT2D eigenvalue weighted by Gasteiger charge is 2.28. The number of para-hydroxylation sites is 1. The molecular formula is C18H20N4OS. The summed E-state index contributed by atoms with van der Waals surface area (Å²) in [5, 5.41) is 6.21. The van der Waals surface area contributed by atoms with Crippen molar-refractivity contribution in [2.45, 2.75) is 55.7 Å². The van der Waals surface area contributed by atoms with Crippen molar-refractivity contribution < 1.29 is 4.52 Å². The minimum Gasteiger partial charge on any atom is -0.338 e. The zero-order valence-corrected chi connectivity index (χ0v) is 14.7. The highest BCUT2D eigenvalue weighted by molar-refractivity contribution is 7.99. The lowest BCUT2D eigenvalue weighted by Gasteiger charge is -2.10. The van der Waals surface area contributed by atoms with Gasteiger partial charge in [-0.3, -0.25) is 0 Å². The van der Waals surface area contributed by atoms with Crippen molar-refractivity contribution in [2.24, 2.45) is 0 Å². The van der Waals surface area contributed by atoms with E-state index in [2.05, 4.69) is 36.1 Å². The Morgan fingerprint density at radius 3 is 2.83 bits per heavy atom. The summed E-state index contributed by atoms with van der Waals surface area (Å²) in [6.07, 6.45) is 4.26. The number of rotatable bonds is 6. The van der Waals surface area contributed by atoms with Crippen molar-refractivity contribution in [3.05, 3.63) is 41.8 Å². The molecule has 0 amide bonds. The van der Waals surface area contributed by atoms with Crippen LogP contribution in [0.4, 0.5) is 0 Å². The number of aromatic nitrogens is 4. The Kier molecular flexibility index (Phi) is 4.22. The SMILES string of the molecule is CCCc1noc([C@@H](C)Sc2nc(C3CC3)nc3ccccc23)n1. The molecule has 6 heteroatoms. The molecule has 0 bridgehead atoms. The monoisotopic (exact) mass is 340 g/mol. The van der Waals surface area contributed by atoms with Gasteiger partial charge in [-0.1, -0.05) is 42.0 Å². The van der Waals surface area contributed by atoms with E-state index >= 15 is 0 Å². The van der Waals surface area contributed by atoms with Crippen molar-refractivity contribution >= 4 is 22.7 Å². The maximum absolute atomic E-state index is 5.43. The molecule has 5 nitrogen and oxygen atoms in total. The van der Waals surface area contributed by atoms with Crippen LogP contribution in [-0.4, -0.2) is 20.1 Å². The molecule has 1 fully saturated rings. The third-order valence-electron chi connectivity index (χ3n) is 4.12. The summed E-state index contributed by atoms with van der Waals surface area (Å²) in [4.78, 5) is 14.1. The van der Waals surface area contributed by atoms with Crippen LogP contribution in [-0.2, 0) is 6.42 Å². The quantitative estimate of drug-likeness (QED) is 0.479. The minimum atomic E-state index is 0.0634. The Labute approximate surface area is 145 Å². The summed E-state index contributed by atoms with van der Waals surface area (Å²) in [5.74, 6) is 2.95. The van der Waals surface area contributed by atoms with Crippen LogP contribution >= 0.6 is 11.8 Å². The number of thioether (sulfide) groups is 1. The first-order valence-corrected chi connectivity index (χ1v) is 9.38. The molecule has 1 saturated carbocycles. The van der Waals surface area contributed by atoms with E-state index < -0.39 is 0 Å². The first-order valence-electron chi connectivity index (χ1n) is 8.50. The van der Waals surface area contributed by atoms with Gasteiger partial charge in [0.2, 0.25) is 5.89 Å².